The minimum absolute atomic E-state index is 0.281. The topological polar surface area (TPSA) is 62.6 Å². The molecule has 1 aliphatic rings. The van der Waals surface area contributed by atoms with Gasteiger partial charge in [0, 0.05) is 19.0 Å². The molecule has 1 aliphatic heterocycles. The monoisotopic (exact) mass is 366 g/mol. The fourth-order valence-electron chi connectivity index (χ4n) is 2.07. The zero-order chi connectivity index (χ0) is 16.3. The number of hydrogen-bond acceptors (Lipinski definition) is 4. The molecule has 0 aliphatic carbocycles. The van der Waals surface area contributed by atoms with Crippen molar-refractivity contribution in [3.63, 3.8) is 0 Å². The second-order valence-corrected chi connectivity index (χ2v) is 7.08. The van der Waals surface area contributed by atoms with E-state index in [4.69, 9.17) is 14.7 Å². The molecule has 0 radical (unpaired) electrons. The maximum atomic E-state index is 11.8. The zero-order valence-corrected chi connectivity index (χ0v) is 14.5. The van der Waals surface area contributed by atoms with E-state index in [1.54, 1.807) is 17.0 Å². The van der Waals surface area contributed by atoms with Gasteiger partial charge in [0.25, 0.3) is 0 Å². The number of carbonyl (C=O) groups is 1. The van der Waals surface area contributed by atoms with Crippen molar-refractivity contribution in [3.8, 4) is 11.8 Å². The van der Waals surface area contributed by atoms with Gasteiger partial charge in [0.05, 0.1) is 16.6 Å². The third-order valence-electron chi connectivity index (χ3n) is 3.17. The summed E-state index contributed by atoms with van der Waals surface area (Å²) in [6.45, 7) is 7.32. The third-order valence-corrected chi connectivity index (χ3v) is 3.99. The molecule has 1 fully saturated rings. The summed E-state index contributed by atoms with van der Waals surface area (Å²) in [6.07, 6.45) is -0.281. The van der Waals surface area contributed by atoms with Crippen LogP contribution in [0.5, 0.6) is 5.75 Å². The number of carbonyl (C=O) groups excluding carboxylic acids is 1. The normalized spacial score (nSPS) is 15.0. The molecule has 118 valence electrons. The highest BCUT2D eigenvalue weighted by molar-refractivity contribution is 9.10. The van der Waals surface area contributed by atoms with Crippen LogP contribution in [0.3, 0.4) is 0 Å². The van der Waals surface area contributed by atoms with Gasteiger partial charge in [-0.15, -0.1) is 0 Å². The van der Waals surface area contributed by atoms with E-state index in [-0.39, 0.29) is 12.0 Å². The van der Waals surface area contributed by atoms with E-state index >= 15 is 0 Å². The molecule has 6 heteroatoms. The van der Waals surface area contributed by atoms with Crippen LogP contribution in [0, 0.1) is 17.2 Å². The van der Waals surface area contributed by atoms with Gasteiger partial charge in [-0.3, -0.25) is 0 Å². The van der Waals surface area contributed by atoms with Gasteiger partial charge < -0.3 is 14.4 Å². The minimum atomic E-state index is -0.471. The molecule has 0 N–H and O–H groups in total. The first-order valence-electron chi connectivity index (χ1n) is 7.09. The lowest BCUT2D eigenvalue weighted by molar-refractivity contribution is -0.00785. The highest BCUT2D eigenvalue weighted by Crippen LogP contribution is 2.29. The van der Waals surface area contributed by atoms with Crippen molar-refractivity contribution in [2.24, 2.45) is 5.92 Å². The number of amides is 1. The minimum Gasteiger partial charge on any atom is -0.492 e. The maximum Gasteiger partial charge on any atom is 0.410 e. The van der Waals surface area contributed by atoms with Crippen LogP contribution in [0.15, 0.2) is 22.7 Å². The molecule has 1 aromatic carbocycles. The lowest BCUT2D eigenvalue weighted by Gasteiger charge is -2.39. The Labute approximate surface area is 138 Å². The van der Waals surface area contributed by atoms with Crippen LogP contribution in [0.1, 0.15) is 26.3 Å². The lowest BCUT2D eigenvalue weighted by atomic mass is 10.0. The van der Waals surface area contributed by atoms with Gasteiger partial charge in [-0.2, -0.15) is 5.26 Å². The SMILES string of the molecule is CC(C)(C)OC(=O)N1CC(COc2cccc(C#N)c2Br)C1. The van der Waals surface area contributed by atoms with Crippen LogP contribution >= 0.6 is 15.9 Å². The quantitative estimate of drug-likeness (QED) is 0.820. The highest BCUT2D eigenvalue weighted by atomic mass is 79.9. The number of rotatable bonds is 3. The molecule has 1 amide bonds. The lowest BCUT2D eigenvalue weighted by Crippen LogP contribution is -2.53. The predicted octanol–water partition coefficient (Wildman–Crippen LogP) is 3.57. The predicted molar refractivity (Wildman–Crippen MR) is 85.6 cm³/mol. The first-order chi connectivity index (χ1) is 10.3. The van der Waals surface area contributed by atoms with Gasteiger partial charge in [0.1, 0.15) is 17.4 Å². The van der Waals surface area contributed by atoms with Gasteiger partial charge in [0.2, 0.25) is 0 Å². The van der Waals surface area contributed by atoms with E-state index in [0.29, 0.717) is 35.5 Å². The number of nitriles is 1. The van der Waals surface area contributed by atoms with Crippen molar-refractivity contribution < 1.29 is 14.3 Å². The molecule has 0 spiro atoms. The summed E-state index contributed by atoms with van der Waals surface area (Å²) < 4.78 is 11.7. The summed E-state index contributed by atoms with van der Waals surface area (Å²) in [4.78, 5) is 13.5. The maximum absolute atomic E-state index is 11.8. The molecular formula is C16H19BrN2O3. The van der Waals surface area contributed by atoms with Crippen molar-refractivity contribution in [3.05, 3.63) is 28.2 Å². The molecular weight excluding hydrogens is 348 g/mol. The largest absolute Gasteiger partial charge is 0.492 e. The highest BCUT2D eigenvalue weighted by Gasteiger charge is 2.34. The van der Waals surface area contributed by atoms with Crippen molar-refractivity contribution in [1.82, 2.24) is 4.90 Å². The molecule has 1 aromatic rings. The van der Waals surface area contributed by atoms with Gasteiger partial charge in [-0.05, 0) is 48.8 Å². The van der Waals surface area contributed by atoms with Crippen LogP contribution in [-0.2, 0) is 4.74 Å². The zero-order valence-electron chi connectivity index (χ0n) is 12.9. The average molecular weight is 367 g/mol. The molecule has 0 unspecified atom stereocenters. The average Bonchev–Trinajstić information content (AvgIpc) is 2.36. The van der Waals surface area contributed by atoms with Crippen LogP contribution in [0.25, 0.3) is 0 Å². The van der Waals surface area contributed by atoms with Crippen LogP contribution in [0.4, 0.5) is 4.79 Å². The van der Waals surface area contributed by atoms with Crippen molar-refractivity contribution in [2.75, 3.05) is 19.7 Å². The van der Waals surface area contributed by atoms with E-state index in [2.05, 4.69) is 22.0 Å². The Balaban J connectivity index is 1.80. The van der Waals surface area contributed by atoms with E-state index in [9.17, 15) is 4.79 Å². The molecule has 0 aromatic heterocycles. The summed E-state index contributed by atoms with van der Waals surface area (Å²) in [5.41, 5.74) is 0.0721. The van der Waals surface area contributed by atoms with Crippen molar-refractivity contribution >= 4 is 22.0 Å². The third kappa shape index (κ3) is 4.14. The van der Waals surface area contributed by atoms with Gasteiger partial charge in [-0.1, -0.05) is 6.07 Å². The fraction of sp³-hybridized carbons (Fsp3) is 0.500. The van der Waals surface area contributed by atoms with Crippen LogP contribution in [-0.4, -0.2) is 36.3 Å². The number of nitrogens with zero attached hydrogens (tertiary/aromatic N) is 2. The Morgan fingerprint density at radius 1 is 1.45 bits per heavy atom. The number of benzene rings is 1. The smallest absolute Gasteiger partial charge is 0.410 e. The second kappa shape index (κ2) is 6.57. The molecule has 0 atom stereocenters. The van der Waals surface area contributed by atoms with Crippen molar-refractivity contribution in [2.45, 2.75) is 26.4 Å². The summed E-state index contributed by atoms with van der Waals surface area (Å²) >= 11 is 3.37. The van der Waals surface area contributed by atoms with E-state index < -0.39 is 5.60 Å². The van der Waals surface area contributed by atoms with E-state index in [1.165, 1.54) is 0 Å². The summed E-state index contributed by atoms with van der Waals surface area (Å²) in [7, 11) is 0. The van der Waals surface area contributed by atoms with E-state index in [0.717, 1.165) is 0 Å². The molecule has 1 heterocycles. The molecule has 0 bridgehead atoms. The van der Waals surface area contributed by atoms with Gasteiger partial charge >= 0.3 is 6.09 Å². The van der Waals surface area contributed by atoms with Gasteiger partial charge in [0.15, 0.2) is 0 Å². The summed E-state index contributed by atoms with van der Waals surface area (Å²) in [6, 6.07) is 7.42. The molecule has 0 saturated carbocycles. The molecule has 1 saturated heterocycles. The Morgan fingerprint density at radius 2 is 2.14 bits per heavy atom. The fourth-order valence-corrected chi connectivity index (χ4v) is 2.53. The summed E-state index contributed by atoms with van der Waals surface area (Å²) in [5.74, 6) is 0.930. The van der Waals surface area contributed by atoms with E-state index in [1.807, 2.05) is 26.8 Å². The first-order valence-corrected chi connectivity index (χ1v) is 7.89. The van der Waals surface area contributed by atoms with Crippen LogP contribution in [0.2, 0.25) is 0 Å². The first kappa shape index (κ1) is 16.6. The number of hydrogen-bond donors (Lipinski definition) is 0. The number of halogens is 1. The molecule has 5 nitrogen and oxygen atoms in total. The Morgan fingerprint density at radius 3 is 2.73 bits per heavy atom. The number of likely N-dealkylation sites (tertiary alicyclic amines) is 1. The molecule has 2 rings (SSSR count). The Bertz CT molecular complexity index is 598. The second-order valence-electron chi connectivity index (χ2n) is 6.29. The Hall–Kier alpha value is -1.74. The number of ether oxygens (including phenoxy) is 2. The summed E-state index contributed by atoms with van der Waals surface area (Å²) in [5, 5.41) is 8.97. The standard InChI is InChI=1S/C16H19BrN2O3/c1-16(2,3)22-15(20)19-8-11(9-19)10-21-13-6-4-5-12(7-18)14(13)17/h4-6,11H,8-10H2,1-3H3. The van der Waals surface area contributed by atoms with Gasteiger partial charge in [-0.25, -0.2) is 4.79 Å². The molecule has 22 heavy (non-hydrogen) atoms. The van der Waals surface area contributed by atoms with Crippen molar-refractivity contribution in [1.29, 1.82) is 5.26 Å². The van der Waals surface area contributed by atoms with Crippen LogP contribution < -0.4 is 4.74 Å². The Kier molecular flexibility index (Phi) is 4.97.